The lowest BCUT2D eigenvalue weighted by Crippen LogP contribution is -2.19. The predicted octanol–water partition coefficient (Wildman–Crippen LogP) is 2.26. The van der Waals surface area contributed by atoms with Gasteiger partial charge in [-0.2, -0.15) is 14.6 Å². The van der Waals surface area contributed by atoms with Gasteiger partial charge in [0.1, 0.15) is 0 Å². The van der Waals surface area contributed by atoms with Crippen molar-refractivity contribution in [3.8, 4) is 11.6 Å². The van der Waals surface area contributed by atoms with Crippen LogP contribution in [-0.4, -0.2) is 41.8 Å². The summed E-state index contributed by atoms with van der Waals surface area (Å²) in [5.41, 5.74) is 7.72. The number of benzene rings is 1. The van der Waals surface area contributed by atoms with Crippen LogP contribution in [-0.2, 0) is 17.8 Å². The number of anilines is 1. The molecule has 0 fully saturated rings. The maximum atomic E-state index is 12.2. The molecule has 0 bridgehead atoms. The number of hydrogen-bond donors (Lipinski definition) is 2. The van der Waals surface area contributed by atoms with Gasteiger partial charge in [0.2, 0.25) is 17.7 Å². The lowest BCUT2D eigenvalue weighted by molar-refractivity contribution is -0.116. The summed E-state index contributed by atoms with van der Waals surface area (Å²) in [6.07, 6.45) is 4.45. The third-order valence-electron chi connectivity index (χ3n) is 4.84. The first-order chi connectivity index (χ1) is 15.2. The Morgan fingerprint density at radius 2 is 1.97 bits per heavy atom. The first-order valence-corrected chi connectivity index (χ1v) is 9.93. The van der Waals surface area contributed by atoms with Crippen LogP contribution >= 0.6 is 0 Å². The van der Waals surface area contributed by atoms with Gasteiger partial charge in [0.15, 0.2) is 17.1 Å². The van der Waals surface area contributed by atoms with E-state index in [4.69, 9.17) is 10.2 Å². The van der Waals surface area contributed by atoms with E-state index in [0.717, 1.165) is 11.8 Å². The maximum absolute atomic E-state index is 12.2. The average Bonchev–Trinajstić information content (AvgIpc) is 3.51. The van der Waals surface area contributed by atoms with Crippen LogP contribution in [0.2, 0.25) is 0 Å². The Bertz CT molecular complexity index is 1340. The Hall–Kier alpha value is -4.05. The maximum Gasteiger partial charge on any atom is 0.234 e. The standard InChI is InChI=1S/C21H20N8O2/c22-10-8-17(30)23-21-25-18-15(13-28(26-18)11-9-14-5-2-1-3-6-14)20-24-19(27-29(20)21)16-7-4-12-31-16/h1-7,12-13H,8-11,22H2,(H,23,25,26,30). The van der Waals surface area contributed by atoms with Crippen LogP contribution in [0.5, 0.6) is 0 Å². The molecule has 0 saturated carbocycles. The van der Waals surface area contributed by atoms with E-state index < -0.39 is 0 Å². The molecule has 10 nitrogen and oxygen atoms in total. The van der Waals surface area contributed by atoms with E-state index in [2.05, 4.69) is 37.6 Å². The van der Waals surface area contributed by atoms with Crippen molar-refractivity contribution in [2.24, 2.45) is 5.73 Å². The van der Waals surface area contributed by atoms with Crippen molar-refractivity contribution in [2.45, 2.75) is 19.4 Å². The number of hydrogen-bond acceptors (Lipinski definition) is 7. The minimum atomic E-state index is -0.255. The quantitative estimate of drug-likeness (QED) is 0.416. The number of amides is 1. The largest absolute Gasteiger partial charge is 0.461 e. The molecule has 0 atom stereocenters. The van der Waals surface area contributed by atoms with Crippen LogP contribution < -0.4 is 11.1 Å². The smallest absolute Gasteiger partial charge is 0.234 e. The van der Waals surface area contributed by atoms with Crippen LogP contribution in [0.25, 0.3) is 28.3 Å². The number of nitrogens with zero attached hydrogens (tertiary/aromatic N) is 6. The molecule has 0 saturated heterocycles. The zero-order valence-corrected chi connectivity index (χ0v) is 16.6. The van der Waals surface area contributed by atoms with Gasteiger partial charge in [-0.05, 0) is 24.1 Å². The second-order valence-corrected chi connectivity index (χ2v) is 7.04. The zero-order valence-electron chi connectivity index (χ0n) is 16.6. The molecule has 4 aromatic heterocycles. The molecular weight excluding hydrogens is 396 g/mol. The number of furan rings is 1. The second kappa shape index (κ2) is 8.00. The Kier molecular flexibility index (Phi) is 4.89. The third kappa shape index (κ3) is 3.76. The molecule has 3 N–H and O–H groups in total. The van der Waals surface area contributed by atoms with Crippen molar-refractivity contribution in [1.29, 1.82) is 0 Å². The number of rotatable bonds is 7. The van der Waals surface area contributed by atoms with E-state index >= 15 is 0 Å². The lowest BCUT2D eigenvalue weighted by atomic mass is 10.1. The van der Waals surface area contributed by atoms with E-state index in [0.29, 0.717) is 29.4 Å². The fourth-order valence-electron chi connectivity index (χ4n) is 3.35. The summed E-state index contributed by atoms with van der Waals surface area (Å²) >= 11 is 0. The monoisotopic (exact) mass is 416 g/mol. The Morgan fingerprint density at radius 1 is 1.10 bits per heavy atom. The molecule has 1 amide bonds. The van der Waals surface area contributed by atoms with Crippen LogP contribution in [0.4, 0.5) is 5.95 Å². The molecule has 0 aliphatic carbocycles. The minimum Gasteiger partial charge on any atom is -0.461 e. The Balaban J connectivity index is 1.57. The normalized spacial score (nSPS) is 11.4. The van der Waals surface area contributed by atoms with Gasteiger partial charge in [-0.25, -0.2) is 4.98 Å². The minimum absolute atomic E-state index is 0.173. The molecule has 0 aliphatic rings. The van der Waals surface area contributed by atoms with E-state index in [-0.39, 0.29) is 24.8 Å². The van der Waals surface area contributed by atoms with Crippen LogP contribution in [0, 0.1) is 0 Å². The highest BCUT2D eigenvalue weighted by Crippen LogP contribution is 2.24. The highest BCUT2D eigenvalue weighted by Gasteiger charge is 2.19. The van der Waals surface area contributed by atoms with E-state index in [9.17, 15) is 4.79 Å². The van der Waals surface area contributed by atoms with E-state index in [1.165, 1.54) is 10.1 Å². The van der Waals surface area contributed by atoms with Crippen molar-refractivity contribution in [2.75, 3.05) is 11.9 Å². The molecule has 0 aliphatic heterocycles. The van der Waals surface area contributed by atoms with Gasteiger partial charge in [0, 0.05) is 25.7 Å². The number of nitrogens with two attached hydrogens (primary N) is 1. The third-order valence-corrected chi connectivity index (χ3v) is 4.84. The van der Waals surface area contributed by atoms with Crippen molar-refractivity contribution in [3.63, 3.8) is 0 Å². The molecule has 5 rings (SSSR count). The highest BCUT2D eigenvalue weighted by molar-refractivity contribution is 5.94. The summed E-state index contributed by atoms with van der Waals surface area (Å²) in [6, 6.07) is 13.7. The van der Waals surface area contributed by atoms with Crippen LogP contribution in [0.3, 0.4) is 0 Å². The number of carbonyl (C=O) groups is 1. The first-order valence-electron chi connectivity index (χ1n) is 9.93. The van der Waals surface area contributed by atoms with Crippen molar-refractivity contribution < 1.29 is 9.21 Å². The summed E-state index contributed by atoms with van der Waals surface area (Å²) in [5, 5.41) is 12.6. The zero-order chi connectivity index (χ0) is 21.2. The topological polar surface area (TPSA) is 129 Å². The van der Waals surface area contributed by atoms with Crippen molar-refractivity contribution in [1.82, 2.24) is 29.4 Å². The number of aromatic nitrogens is 6. The van der Waals surface area contributed by atoms with E-state index in [1.807, 2.05) is 29.1 Å². The summed E-state index contributed by atoms with van der Waals surface area (Å²) in [6.45, 7) is 0.918. The molecular formula is C21H20N8O2. The number of nitrogens with one attached hydrogen (secondary N) is 1. The van der Waals surface area contributed by atoms with Gasteiger partial charge in [-0.15, -0.1) is 5.10 Å². The van der Waals surface area contributed by atoms with Crippen LogP contribution in [0.1, 0.15) is 12.0 Å². The molecule has 31 heavy (non-hydrogen) atoms. The molecule has 4 heterocycles. The molecule has 10 heteroatoms. The van der Waals surface area contributed by atoms with E-state index in [1.54, 1.807) is 18.4 Å². The fourth-order valence-corrected chi connectivity index (χ4v) is 3.35. The summed E-state index contributed by atoms with van der Waals surface area (Å²) in [7, 11) is 0. The first kappa shape index (κ1) is 18.9. The lowest BCUT2D eigenvalue weighted by Gasteiger charge is -2.05. The van der Waals surface area contributed by atoms with Gasteiger partial charge >= 0.3 is 0 Å². The Morgan fingerprint density at radius 3 is 2.74 bits per heavy atom. The van der Waals surface area contributed by atoms with Gasteiger partial charge < -0.3 is 10.2 Å². The highest BCUT2D eigenvalue weighted by atomic mass is 16.3. The molecule has 5 aromatic rings. The average molecular weight is 416 g/mol. The van der Waals surface area contributed by atoms with Crippen molar-refractivity contribution in [3.05, 3.63) is 60.5 Å². The molecule has 0 spiro atoms. The van der Waals surface area contributed by atoms with Gasteiger partial charge in [0.05, 0.1) is 11.6 Å². The van der Waals surface area contributed by atoms with Crippen LogP contribution in [0.15, 0.2) is 59.3 Å². The van der Waals surface area contributed by atoms with Crippen molar-refractivity contribution >= 4 is 28.5 Å². The number of carbonyl (C=O) groups excluding carboxylic acids is 1. The van der Waals surface area contributed by atoms with Gasteiger partial charge in [0.25, 0.3) is 0 Å². The number of aryl methyl sites for hydroxylation is 2. The fraction of sp³-hybridized carbons (Fsp3) is 0.190. The number of fused-ring (bicyclic) bond motifs is 3. The molecule has 0 unspecified atom stereocenters. The Labute approximate surface area is 176 Å². The molecule has 1 aromatic carbocycles. The summed E-state index contributed by atoms with van der Waals surface area (Å²) in [5.74, 6) is 0.895. The van der Waals surface area contributed by atoms with Gasteiger partial charge in [-0.3, -0.25) is 14.8 Å². The molecule has 156 valence electrons. The summed E-state index contributed by atoms with van der Waals surface area (Å²) in [4.78, 5) is 21.3. The second-order valence-electron chi connectivity index (χ2n) is 7.04. The predicted molar refractivity (Wildman–Crippen MR) is 114 cm³/mol. The molecule has 0 radical (unpaired) electrons. The van der Waals surface area contributed by atoms with Gasteiger partial charge in [-0.1, -0.05) is 30.3 Å². The SMILES string of the molecule is NCCC(=O)Nc1nc2nn(CCc3ccccc3)cc2c2nc(-c3ccco3)nn12. The summed E-state index contributed by atoms with van der Waals surface area (Å²) < 4.78 is 8.76.